The van der Waals surface area contributed by atoms with E-state index in [2.05, 4.69) is 17.3 Å². The number of hydrogen-bond acceptors (Lipinski definition) is 3. The number of hydrogen-bond donors (Lipinski definition) is 1. The Balaban J connectivity index is 1.52. The van der Waals surface area contributed by atoms with E-state index < -0.39 is 0 Å². The normalized spacial score (nSPS) is 26.4. The molecule has 0 atom stereocenters. The first-order valence-corrected chi connectivity index (χ1v) is 5.84. The summed E-state index contributed by atoms with van der Waals surface area (Å²) < 4.78 is 5.12. The summed E-state index contributed by atoms with van der Waals surface area (Å²) in [4.78, 5) is 2.43. The van der Waals surface area contributed by atoms with Crippen molar-refractivity contribution in [3.8, 4) is 0 Å². The largest absolute Gasteiger partial charge is 0.378 e. The molecule has 0 aromatic rings. The number of rotatable bonds is 4. The third-order valence-corrected chi connectivity index (χ3v) is 3.46. The fraction of sp³-hybridized carbons (Fsp3) is 1.00. The van der Waals surface area contributed by atoms with Gasteiger partial charge in [-0.1, -0.05) is 0 Å². The first-order valence-electron chi connectivity index (χ1n) is 5.84. The Kier molecular flexibility index (Phi) is 3.79. The molecular weight excluding hydrogens is 176 g/mol. The van der Waals surface area contributed by atoms with E-state index in [0.29, 0.717) is 6.04 Å². The summed E-state index contributed by atoms with van der Waals surface area (Å²) >= 11 is 0. The molecule has 0 amide bonds. The minimum absolute atomic E-state index is 0.654. The number of piperidine rings is 1. The number of nitrogens with one attached hydrogen (secondary N) is 1. The molecule has 82 valence electrons. The summed E-state index contributed by atoms with van der Waals surface area (Å²) in [7, 11) is 2.22. The lowest BCUT2D eigenvalue weighted by Crippen LogP contribution is -2.46. The van der Waals surface area contributed by atoms with Crippen LogP contribution >= 0.6 is 0 Å². The van der Waals surface area contributed by atoms with Crippen LogP contribution in [0.3, 0.4) is 0 Å². The van der Waals surface area contributed by atoms with Crippen molar-refractivity contribution in [2.75, 3.05) is 39.9 Å². The standard InChI is InChI=1S/C11H22N2O/c1-13-6-3-10(4-7-13)2-5-12-11-8-14-9-11/h10-12H,2-9H2,1H3. The van der Waals surface area contributed by atoms with Crippen LogP contribution in [0.25, 0.3) is 0 Å². The van der Waals surface area contributed by atoms with Gasteiger partial charge < -0.3 is 15.0 Å². The average Bonchev–Trinajstić information content (AvgIpc) is 2.12. The van der Waals surface area contributed by atoms with E-state index in [1.54, 1.807) is 0 Å². The Labute approximate surface area is 86.8 Å². The van der Waals surface area contributed by atoms with Gasteiger partial charge in [-0.3, -0.25) is 0 Å². The molecule has 2 rings (SSSR count). The van der Waals surface area contributed by atoms with Gasteiger partial charge in [0.05, 0.1) is 19.3 Å². The summed E-state index contributed by atoms with van der Waals surface area (Å²) in [6, 6.07) is 0.654. The third kappa shape index (κ3) is 2.94. The van der Waals surface area contributed by atoms with Crippen molar-refractivity contribution in [1.82, 2.24) is 10.2 Å². The highest BCUT2D eigenvalue weighted by Crippen LogP contribution is 2.18. The summed E-state index contributed by atoms with van der Waals surface area (Å²) in [5.74, 6) is 0.958. The first-order chi connectivity index (χ1) is 6.84. The maximum absolute atomic E-state index is 5.12. The molecule has 3 heteroatoms. The molecule has 14 heavy (non-hydrogen) atoms. The quantitative estimate of drug-likeness (QED) is 0.720. The molecule has 2 heterocycles. The van der Waals surface area contributed by atoms with Gasteiger partial charge in [0.15, 0.2) is 0 Å². The van der Waals surface area contributed by atoms with Crippen LogP contribution in [-0.2, 0) is 4.74 Å². The molecule has 0 aromatic heterocycles. The predicted octanol–water partition coefficient (Wildman–Crippen LogP) is 0.707. The number of ether oxygens (including phenoxy) is 1. The molecule has 3 nitrogen and oxygen atoms in total. The highest BCUT2D eigenvalue weighted by Gasteiger charge is 2.19. The van der Waals surface area contributed by atoms with Gasteiger partial charge >= 0.3 is 0 Å². The molecule has 2 fully saturated rings. The van der Waals surface area contributed by atoms with Gasteiger partial charge in [0, 0.05) is 0 Å². The summed E-state index contributed by atoms with van der Waals surface area (Å²) in [5, 5.41) is 3.54. The van der Waals surface area contributed by atoms with Gasteiger partial charge in [0.1, 0.15) is 0 Å². The summed E-state index contributed by atoms with van der Waals surface area (Å²) in [6.45, 7) is 5.61. The van der Waals surface area contributed by atoms with Gasteiger partial charge in [-0.05, 0) is 51.9 Å². The van der Waals surface area contributed by atoms with E-state index in [0.717, 1.165) is 19.1 Å². The lowest BCUT2D eigenvalue weighted by Gasteiger charge is -2.31. The van der Waals surface area contributed by atoms with Crippen LogP contribution in [0.2, 0.25) is 0 Å². The van der Waals surface area contributed by atoms with Crippen molar-refractivity contribution < 1.29 is 4.74 Å². The highest BCUT2D eigenvalue weighted by molar-refractivity contribution is 4.75. The van der Waals surface area contributed by atoms with E-state index >= 15 is 0 Å². The van der Waals surface area contributed by atoms with E-state index in [9.17, 15) is 0 Å². The molecule has 1 N–H and O–H groups in total. The summed E-state index contributed by atoms with van der Waals surface area (Å²) in [5.41, 5.74) is 0. The Morgan fingerprint density at radius 3 is 2.57 bits per heavy atom. The molecule has 0 bridgehead atoms. The van der Waals surface area contributed by atoms with Gasteiger partial charge in [-0.15, -0.1) is 0 Å². The SMILES string of the molecule is CN1CCC(CCNC2COC2)CC1. The van der Waals surface area contributed by atoms with Crippen molar-refractivity contribution in [3.05, 3.63) is 0 Å². The van der Waals surface area contributed by atoms with Crippen molar-refractivity contribution in [1.29, 1.82) is 0 Å². The zero-order valence-electron chi connectivity index (χ0n) is 9.17. The Bertz CT molecular complexity index is 163. The molecule has 0 radical (unpaired) electrons. The first kappa shape index (κ1) is 10.4. The maximum Gasteiger partial charge on any atom is 0.0643 e. The van der Waals surface area contributed by atoms with E-state index in [1.807, 2.05) is 0 Å². The molecular formula is C11H22N2O. The second-order valence-corrected chi connectivity index (χ2v) is 4.72. The fourth-order valence-corrected chi connectivity index (χ4v) is 2.20. The van der Waals surface area contributed by atoms with Crippen molar-refractivity contribution >= 4 is 0 Å². The van der Waals surface area contributed by atoms with Crippen LogP contribution in [-0.4, -0.2) is 50.8 Å². The monoisotopic (exact) mass is 198 g/mol. The molecule has 0 aliphatic carbocycles. The zero-order chi connectivity index (χ0) is 9.80. The molecule has 2 aliphatic heterocycles. The van der Waals surface area contributed by atoms with Crippen molar-refractivity contribution in [3.63, 3.8) is 0 Å². The van der Waals surface area contributed by atoms with E-state index in [-0.39, 0.29) is 0 Å². The molecule has 0 unspecified atom stereocenters. The van der Waals surface area contributed by atoms with Gasteiger partial charge in [-0.25, -0.2) is 0 Å². The van der Waals surface area contributed by atoms with Crippen LogP contribution in [0.15, 0.2) is 0 Å². The number of nitrogens with zero attached hydrogens (tertiary/aromatic N) is 1. The van der Waals surface area contributed by atoms with Gasteiger partial charge in [0.25, 0.3) is 0 Å². The lowest BCUT2D eigenvalue weighted by molar-refractivity contribution is -0.00560. The van der Waals surface area contributed by atoms with E-state index in [4.69, 9.17) is 4.74 Å². The zero-order valence-corrected chi connectivity index (χ0v) is 9.17. The maximum atomic E-state index is 5.12. The minimum atomic E-state index is 0.654. The third-order valence-electron chi connectivity index (χ3n) is 3.46. The highest BCUT2D eigenvalue weighted by atomic mass is 16.5. The van der Waals surface area contributed by atoms with Crippen LogP contribution in [0, 0.1) is 5.92 Å². The second-order valence-electron chi connectivity index (χ2n) is 4.72. The van der Waals surface area contributed by atoms with E-state index in [1.165, 1.54) is 38.9 Å². The van der Waals surface area contributed by atoms with Gasteiger partial charge in [-0.2, -0.15) is 0 Å². The van der Waals surface area contributed by atoms with Crippen molar-refractivity contribution in [2.45, 2.75) is 25.3 Å². The molecule has 0 spiro atoms. The minimum Gasteiger partial charge on any atom is -0.378 e. The topological polar surface area (TPSA) is 24.5 Å². The lowest BCUT2D eigenvalue weighted by atomic mass is 9.94. The van der Waals surface area contributed by atoms with Crippen LogP contribution in [0.5, 0.6) is 0 Å². The predicted molar refractivity (Wildman–Crippen MR) is 57.4 cm³/mol. The Morgan fingerprint density at radius 2 is 2.00 bits per heavy atom. The van der Waals surface area contributed by atoms with Crippen LogP contribution < -0.4 is 5.32 Å². The number of likely N-dealkylation sites (tertiary alicyclic amines) is 1. The Morgan fingerprint density at radius 1 is 1.29 bits per heavy atom. The second kappa shape index (κ2) is 5.10. The van der Waals surface area contributed by atoms with Crippen LogP contribution in [0.1, 0.15) is 19.3 Å². The summed E-state index contributed by atoms with van der Waals surface area (Å²) in [6.07, 6.45) is 4.13. The molecule has 0 aromatic carbocycles. The van der Waals surface area contributed by atoms with Crippen molar-refractivity contribution in [2.24, 2.45) is 5.92 Å². The van der Waals surface area contributed by atoms with Crippen LogP contribution in [0.4, 0.5) is 0 Å². The fourth-order valence-electron chi connectivity index (χ4n) is 2.20. The van der Waals surface area contributed by atoms with Gasteiger partial charge in [0.2, 0.25) is 0 Å². The molecule has 2 saturated heterocycles. The molecule has 2 aliphatic rings. The molecule has 0 saturated carbocycles. The average molecular weight is 198 g/mol. The Hall–Kier alpha value is -0.120. The smallest absolute Gasteiger partial charge is 0.0643 e.